The Bertz CT molecular complexity index is 500. The summed E-state index contributed by atoms with van der Waals surface area (Å²) < 4.78 is 19.6. The highest BCUT2D eigenvalue weighted by Gasteiger charge is 2.45. The average Bonchev–Trinajstić information content (AvgIpc) is 2.29. The highest BCUT2D eigenvalue weighted by atomic mass is 19.1. The van der Waals surface area contributed by atoms with Crippen molar-refractivity contribution in [2.24, 2.45) is 11.1 Å². The Kier molecular flexibility index (Phi) is 2.86. The molecule has 2 atom stereocenters. The molecule has 3 rings (SSSR count). The van der Waals surface area contributed by atoms with Crippen molar-refractivity contribution in [1.82, 2.24) is 0 Å². The van der Waals surface area contributed by atoms with Gasteiger partial charge in [0.05, 0.1) is 0 Å². The third kappa shape index (κ3) is 2.36. The summed E-state index contributed by atoms with van der Waals surface area (Å²) in [6.07, 6.45) is 5.30. The van der Waals surface area contributed by atoms with Gasteiger partial charge in [-0.25, -0.2) is 4.39 Å². The summed E-state index contributed by atoms with van der Waals surface area (Å²) in [4.78, 5) is 0. The van der Waals surface area contributed by atoms with Gasteiger partial charge in [-0.15, -0.1) is 0 Å². The first-order valence-corrected chi connectivity index (χ1v) is 7.13. The van der Waals surface area contributed by atoms with Crippen LogP contribution < -0.4 is 10.5 Å². The van der Waals surface area contributed by atoms with Crippen LogP contribution in [-0.4, -0.2) is 5.60 Å². The smallest absolute Gasteiger partial charge is 0.125 e. The van der Waals surface area contributed by atoms with Crippen LogP contribution in [0.2, 0.25) is 0 Å². The number of halogens is 1. The van der Waals surface area contributed by atoms with E-state index < -0.39 is 0 Å². The molecule has 1 spiro atoms. The molecule has 2 N–H and O–H groups in total. The van der Waals surface area contributed by atoms with E-state index in [2.05, 4.69) is 13.8 Å². The fraction of sp³-hybridized carbons (Fsp3) is 0.625. The highest BCUT2D eigenvalue weighted by molar-refractivity contribution is 5.39. The lowest BCUT2D eigenvalue weighted by atomic mass is 9.66. The van der Waals surface area contributed by atoms with E-state index in [0.29, 0.717) is 5.41 Å². The molecule has 1 saturated carbocycles. The minimum atomic E-state index is -0.238. The van der Waals surface area contributed by atoms with Gasteiger partial charge in [0.2, 0.25) is 0 Å². The van der Waals surface area contributed by atoms with E-state index in [4.69, 9.17) is 10.5 Å². The van der Waals surface area contributed by atoms with E-state index in [1.165, 1.54) is 25.0 Å². The van der Waals surface area contributed by atoms with Gasteiger partial charge in [-0.3, -0.25) is 0 Å². The van der Waals surface area contributed by atoms with E-state index in [-0.39, 0.29) is 17.5 Å². The van der Waals surface area contributed by atoms with Gasteiger partial charge in [-0.2, -0.15) is 0 Å². The molecule has 3 heteroatoms. The monoisotopic (exact) mass is 263 g/mol. The number of hydrogen-bond donors (Lipinski definition) is 1. The van der Waals surface area contributed by atoms with Gasteiger partial charge in [0.15, 0.2) is 0 Å². The SMILES string of the molecule is CC1(C)CCCC2(CC(N)c3cc(F)ccc3O2)C1. The van der Waals surface area contributed by atoms with Crippen molar-refractivity contribution >= 4 is 0 Å². The van der Waals surface area contributed by atoms with Crippen molar-refractivity contribution in [3.8, 4) is 5.75 Å². The molecule has 2 aliphatic rings. The van der Waals surface area contributed by atoms with Gasteiger partial charge < -0.3 is 10.5 Å². The number of fused-ring (bicyclic) bond motifs is 1. The molecule has 1 heterocycles. The maximum Gasteiger partial charge on any atom is 0.125 e. The topological polar surface area (TPSA) is 35.2 Å². The van der Waals surface area contributed by atoms with Gasteiger partial charge >= 0.3 is 0 Å². The zero-order valence-electron chi connectivity index (χ0n) is 11.7. The van der Waals surface area contributed by atoms with Crippen LogP contribution >= 0.6 is 0 Å². The van der Waals surface area contributed by atoms with Crippen molar-refractivity contribution in [1.29, 1.82) is 0 Å². The lowest BCUT2D eigenvalue weighted by Crippen LogP contribution is -2.48. The molecule has 2 unspecified atom stereocenters. The Hall–Kier alpha value is -1.09. The molecule has 0 radical (unpaired) electrons. The molecule has 1 aliphatic carbocycles. The molecule has 2 nitrogen and oxygen atoms in total. The minimum absolute atomic E-state index is 0.117. The number of benzene rings is 1. The van der Waals surface area contributed by atoms with Crippen LogP contribution in [0.5, 0.6) is 5.75 Å². The van der Waals surface area contributed by atoms with Gasteiger partial charge in [0, 0.05) is 18.0 Å². The zero-order valence-corrected chi connectivity index (χ0v) is 11.7. The number of nitrogens with two attached hydrogens (primary N) is 1. The van der Waals surface area contributed by atoms with Crippen molar-refractivity contribution in [2.75, 3.05) is 0 Å². The quantitative estimate of drug-likeness (QED) is 0.769. The largest absolute Gasteiger partial charge is 0.487 e. The summed E-state index contributed by atoms with van der Waals surface area (Å²) in [5.74, 6) is 0.538. The predicted octanol–water partition coefficient (Wildman–Crippen LogP) is 3.95. The fourth-order valence-electron chi connectivity index (χ4n) is 3.89. The summed E-state index contributed by atoms with van der Waals surface area (Å²) in [7, 11) is 0. The van der Waals surface area contributed by atoms with Crippen LogP contribution in [0.1, 0.15) is 57.6 Å². The molecular formula is C16H22FNO. The van der Waals surface area contributed by atoms with Crippen molar-refractivity contribution < 1.29 is 9.13 Å². The standard InChI is InChI=1S/C16H22FNO/c1-15(2)6-3-7-16(10-15)9-13(18)12-8-11(17)4-5-14(12)19-16/h4-5,8,13H,3,6-7,9-10,18H2,1-2H3. The summed E-state index contributed by atoms with van der Waals surface area (Å²) in [5.41, 5.74) is 7.23. The van der Waals surface area contributed by atoms with E-state index >= 15 is 0 Å². The molecule has 0 aromatic heterocycles. The Labute approximate surface area is 114 Å². The molecule has 0 saturated heterocycles. The maximum atomic E-state index is 13.3. The van der Waals surface area contributed by atoms with Crippen molar-refractivity contribution in [3.63, 3.8) is 0 Å². The first kappa shape index (κ1) is 12.9. The molecule has 0 amide bonds. The van der Waals surface area contributed by atoms with Crippen molar-refractivity contribution in [2.45, 2.75) is 57.6 Å². The van der Waals surface area contributed by atoms with Gasteiger partial charge in [-0.05, 0) is 49.3 Å². The molecule has 0 bridgehead atoms. The average molecular weight is 263 g/mol. The van der Waals surface area contributed by atoms with Gasteiger partial charge in [0.1, 0.15) is 17.2 Å². The van der Waals surface area contributed by atoms with Crippen LogP contribution in [0.4, 0.5) is 4.39 Å². The first-order chi connectivity index (χ1) is 8.89. The summed E-state index contributed by atoms with van der Waals surface area (Å²) in [6.45, 7) is 4.59. The molecule has 1 aromatic rings. The predicted molar refractivity (Wildman–Crippen MR) is 73.6 cm³/mol. The second kappa shape index (κ2) is 4.20. The molecule has 1 aliphatic heterocycles. The summed E-state index contributed by atoms with van der Waals surface area (Å²) >= 11 is 0. The second-order valence-electron chi connectivity index (χ2n) is 6.97. The van der Waals surface area contributed by atoms with Crippen LogP contribution in [0, 0.1) is 11.2 Å². The lowest BCUT2D eigenvalue weighted by molar-refractivity contribution is -0.0386. The van der Waals surface area contributed by atoms with E-state index in [9.17, 15) is 4.39 Å². The third-order valence-electron chi connectivity index (χ3n) is 4.58. The highest BCUT2D eigenvalue weighted by Crippen LogP contribution is 2.50. The van der Waals surface area contributed by atoms with Gasteiger partial charge in [0.25, 0.3) is 0 Å². The number of rotatable bonds is 0. The van der Waals surface area contributed by atoms with Crippen LogP contribution in [-0.2, 0) is 0 Å². The maximum absolute atomic E-state index is 13.3. The normalized spacial score (nSPS) is 32.7. The van der Waals surface area contributed by atoms with Gasteiger partial charge in [-0.1, -0.05) is 13.8 Å². The Morgan fingerprint density at radius 3 is 2.84 bits per heavy atom. The molecule has 1 fully saturated rings. The van der Waals surface area contributed by atoms with Crippen LogP contribution in [0.25, 0.3) is 0 Å². The Morgan fingerprint density at radius 1 is 1.32 bits per heavy atom. The minimum Gasteiger partial charge on any atom is -0.487 e. The van der Waals surface area contributed by atoms with Crippen LogP contribution in [0.15, 0.2) is 18.2 Å². The fourth-order valence-corrected chi connectivity index (χ4v) is 3.89. The molecule has 1 aromatic carbocycles. The third-order valence-corrected chi connectivity index (χ3v) is 4.58. The molecule has 104 valence electrons. The Balaban J connectivity index is 1.94. The number of hydrogen-bond acceptors (Lipinski definition) is 2. The lowest BCUT2D eigenvalue weighted by Gasteiger charge is -2.48. The summed E-state index contributed by atoms with van der Waals surface area (Å²) in [6, 6.07) is 4.58. The summed E-state index contributed by atoms with van der Waals surface area (Å²) in [5, 5.41) is 0. The molecular weight excluding hydrogens is 241 g/mol. The van der Waals surface area contributed by atoms with Crippen molar-refractivity contribution in [3.05, 3.63) is 29.6 Å². The Morgan fingerprint density at radius 2 is 2.11 bits per heavy atom. The van der Waals surface area contributed by atoms with E-state index in [0.717, 1.165) is 30.6 Å². The molecule has 19 heavy (non-hydrogen) atoms. The first-order valence-electron chi connectivity index (χ1n) is 7.13. The zero-order chi connectivity index (χ0) is 13.7. The van der Waals surface area contributed by atoms with E-state index in [1.54, 1.807) is 6.07 Å². The van der Waals surface area contributed by atoms with Crippen LogP contribution in [0.3, 0.4) is 0 Å². The second-order valence-corrected chi connectivity index (χ2v) is 6.97. The number of ether oxygens (including phenoxy) is 1. The van der Waals surface area contributed by atoms with E-state index in [1.807, 2.05) is 0 Å².